The summed E-state index contributed by atoms with van der Waals surface area (Å²) in [5, 5.41) is 7.35. The molecule has 4 rings (SSSR count). The molecular formula is C23H37IN4O. The number of nitrogens with one attached hydrogen (secondary N) is 2. The SMILES string of the molecule is CN=C(NC1CCN(C2CCCC2)CC1)NC1CC1(C)c1ccccc1OC.I. The fraction of sp³-hybridized carbons (Fsp3) is 0.696. The molecule has 6 heteroatoms. The van der Waals surface area contributed by atoms with Crippen LogP contribution in [-0.2, 0) is 5.41 Å². The van der Waals surface area contributed by atoms with E-state index in [4.69, 9.17) is 4.74 Å². The standard InChI is InChI=1S/C23H36N4O.HI/c1-23(19-10-6-7-11-20(19)28-3)16-21(23)26-22(24-2)25-17-12-14-27(15-13-17)18-8-4-5-9-18;/h6-7,10-11,17-18,21H,4-5,8-9,12-16H2,1-3H3,(H2,24,25,26);1H. The molecule has 2 saturated carbocycles. The summed E-state index contributed by atoms with van der Waals surface area (Å²) in [4.78, 5) is 7.23. The largest absolute Gasteiger partial charge is 0.496 e. The maximum atomic E-state index is 5.59. The first-order chi connectivity index (χ1) is 13.6. The summed E-state index contributed by atoms with van der Waals surface area (Å²) in [6, 6.07) is 10.2. The van der Waals surface area contributed by atoms with Gasteiger partial charge in [-0.1, -0.05) is 38.0 Å². The lowest BCUT2D eigenvalue weighted by molar-refractivity contribution is 0.150. The monoisotopic (exact) mass is 512 g/mol. The number of nitrogens with zero attached hydrogens (tertiary/aromatic N) is 2. The van der Waals surface area contributed by atoms with Crippen LogP contribution >= 0.6 is 24.0 Å². The van der Waals surface area contributed by atoms with Crippen LogP contribution in [0.3, 0.4) is 0 Å². The van der Waals surface area contributed by atoms with Crippen LogP contribution in [0.1, 0.15) is 57.4 Å². The van der Waals surface area contributed by atoms with Crippen molar-refractivity contribution in [2.24, 2.45) is 4.99 Å². The van der Waals surface area contributed by atoms with Gasteiger partial charge in [0.25, 0.3) is 0 Å². The van der Waals surface area contributed by atoms with Crippen LogP contribution in [0, 0.1) is 0 Å². The lowest BCUT2D eigenvalue weighted by atomic mass is 9.96. The van der Waals surface area contributed by atoms with Crippen molar-refractivity contribution in [3.05, 3.63) is 29.8 Å². The van der Waals surface area contributed by atoms with E-state index in [-0.39, 0.29) is 29.4 Å². The summed E-state index contributed by atoms with van der Waals surface area (Å²) in [5.74, 6) is 1.93. The predicted octanol–water partition coefficient (Wildman–Crippen LogP) is 3.92. The first-order valence-electron chi connectivity index (χ1n) is 11.0. The number of ether oxygens (including phenoxy) is 1. The van der Waals surface area contributed by atoms with Crippen molar-refractivity contribution in [1.29, 1.82) is 0 Å². The van der Waals surface area contributed by atoms with E-state index in [9.17, 15) is 0 Å². The normalized spacial score (nSPS) is 28.7. The maximum Gasteiger partial charge on any atom is 0.191 e. The van der Waals surface area contributed by atoms with Crippen LogP contribution in [0.4, 0.5) is 0 Å². The molecule has 2 atom stereocenters. The number of hydrogen-bond donors (Lipinski definition) is 2. The molecule has 0 amide bonds. The van der Waals surface area contributed by atoms with Crippen LogP contribution in [0.15, 0.2) is 29.3 Å². The van der Waals surface area contributed by atoms with Crippen molar-refractivity contribution in [3.63, 3.8) is 0 Å². The van der Waals surface area contributed by atoms with E-state index in [1.807, 2.05) is 13.1 Å². The summed E-state index contributed by atoms with van der Waals surface area (Å²) in [6.07, 6.45) is 9.19. The van der Waals surface area contributed by atoms with Crippen molar-refractivity contribution in [2.75, 3.05) is 27.2 Å². The van der Waals surface area contributed by atoms with Crippen LogP contribution in [0.2, 0.25) is 0 Å². The Morgan fingerprint density at radius 3 is 2.45 bits per heavy atom. The molecule has 0 aromatic heterocycles. The summed E-state index contributed by atoms with van der Waals surface area (Å²) in [7, 11) is 3.64. The van der Waals surface area contributed by atoms with E-state index < -0.39 is 0 Å². The molecule has 2 N–H and O–H groups in total. The number of methoxy groups -OCH3 is 1. The number of benzene rings is 1. The number of halogens is 1. The second kappa shape index (κ2) is 9.86. The minimum atomic E-state index is 0. The molecule has 1 aromatic carbocycles. The van der Waals surface area contributed by atoms with Crippen molar-refractivity contribution >= 4 is 29.9 Å². The summed E-state index contributed by atoms with van der Waals surface area (Å²) >= 11 is 0. The van der Waals surface area contributed by atoms with E-state index in [0.29, 0.717) is 12.1 Å². The van der Waals surface area contributed by atoms with Crippen LogP contribution in [-0.4, -0.2) is 56.2 Å². The Morgan fingerprint density at radius 2 is 1.79 bits per heavy atom. The number of rotatable bonds is 5. The molecule has 3 fully saturated rings. The van der Waals surface area contributed by atoms with E-state index in [1.54, 1.807) is 7.11 Å². The number of likely N-dealkylation sites (tertiary alicyclic amines) is 1. The van der Waals surface area contributed by atoms with Gasteiger partial charge in [-0.15, -0.1) is 24.0 Å². The van der Waals surface area contributed by atoms with Crippen molar-refractivity contribution in [1.82, 2.24) is 15.5 Å². The molecule has 5 nitrogen and oxygen atoms in total. The van der Waals surface area contributed by atoms with Gasteiger partial charge in [0.2, 0.25) is 0 Å². The highest BCUT2D eigenvalue weighted by Gasteiger charge is 2.53. The maximum absolute atomic E-state index is 5.59. The van der Waals surface area contributed by atoms with Gasteiger partial charge in [-0.05, 0) is 38.2 Å². The molecule has 0 radical (unpaired) electrons. The average molecular weight is 512 g/mol. The van der Waals surface area contributed by atoms with Crippen LogP contribution in [0.25, 0.3) is 0 Å². The third-order valence-corrected chi connectivity index (χ3v) is 7.21. The van der Waals surface area contributed by atoms with E-state index in [2.05, 4.69) is 45.6 Å². The second-order valence-corrected chi connectivity index (χ2v) is 8.98. The smallest absolute Gasteiger partial charge is 0.191 e. The van der Waals surface area contributed by atoms with Gasteiger partial charge in [0.1, 0.15) is 5.75 Å². The molecule has 29 heavy (non-hydrogen) atoms. The molecule has 2 unspecified atom stereocenters. The first-order valence-corrected chi connectivity index (χ1v) is 11.0. The van der Waals surface area contributed by atoms with E-state index in [1.165, 1.54) is 57.2 Å². The molecule has 3 aliphatic rings. The fourth-order valence-corrected chi connectivity index (χ4v) is 5.20. The molecule has 2 aliphatic carbocycles. The predicted molar refractivity (Wildman–Crippen MR) is 131 cm³/mol. The number of aliphatic imine (C=N–C) groups is 1. The van der Waals surface area contributed by atoms with Crippen molar-refractivity contribution < 1.29 is 4.74 Å². The quantitative estimate of drug-likeness (QED) is 0.357. The van der Waals surface area contributed by atoms with Crippen LogP contribution < -0.4 is 15.4 Å². The Morgan fingerprint density at radius 1 is 1.10 bits per heavy atom. The van der Waals surface area contributed by atoms with Crippen molar-refractivity contribution in [3.8, 4) is 5.75 Å². The second-order valence-electron chi connectivity index (χ2n) is 8.98. The van der Waals surface area contributed by atoms with Gasteiger partial charge in [0.05, 0.1) is 7.11 Å². The summed E-state index contributed by atoms with van der Waals surface area (Å²) in [6.45, 7) is 4.76. The molecule has 0 bridgehead atoms. The summed E-state index contributed by atoms with van der Waals surface area (Å²) < 4.78 is 5.59. The lowest BCUT2D eigenvalue weighted by Crippen LogP contribution is -2.51. The molecule has 0 spiro atoms. The van der Waals surface area contributed by atoms with E-state index in [0.717, 1.165) is 24.2 Å². The zero-order valence-corrected chi connectivity index (χ0v) is 20.4. The molecule has 1 aliphatic heterocycles. The zero-order valence-electron chi connectivity index (χ0n) is 18.1. The van der Waals surface area contributed by atoms with Gasteiger partial charge < -0.3 is 20.3 Å². The minimum absolute atomic E-state index is 0. The highest BCUT2D eigenvalue weighted by Crippen LogP contribution is 2.50. The molecule has 1 aromatic rings. The van der Waals surface area contributed by atoms with Gasteiger partial charge in [0.15, 0.2) is 5.96 Å². The molecule has 1 saturated heterocycles. The van der Waals surface area contributed by atoms with E-state index >= 15 is 0 Å². The number of hydrogen-bond acceptors (Lipinski definition) is 3. The van der Waals surface area contributed by atoms with Gasteiger partial charge in [-0.25, -0.2) is 0 Å². The fourth-order valence-electron chi connectivity index (χ4n) is 5.20. The Labute approximate surface area is 193 Å². The minimum Gasteiger partial charge on any atom is -0.496 e. The highest BCUT2D eigenvalue weighted by molar-refractivity contribution is 14.0. The zero-order chi connectivity index (χ0) is 19.6. The Hall–Kier alpha value is -1.02. The lowest BCUT2D eigenvalue weighted by Gasteiger charge is -2.36. The third-order valence-electron chi connectivity index (χ3n) is 7.21. The third kappa shape index (κ3) is 5.01. The van der Waals surface area contributed by atoms with Gasteiger partial charge in [0, 0.05) is 49.2 Å². The van der Waals surface area contributed by atoms with Gasteiger partial charge in [-0.2, -0.15) is 0 Å². The number of para-hydroxylation sites is 1. The highest BCUT2D eigenvalue weighted by atomic mass is 127. The van der Waals surface area contributed by atoms with Crippen molar-refractivity contribution in [2.45, 2.75) is 75.4 Å². The van der Waals surface area contributed by atoms with Gasteiger partial charge >= 0.3 is 0 Å². The number of piperidine rings is 1. The molecular weight excluding hydrogens is 475 g/mol. The molecule has 1 heterocycles. The Balaban J connectivity index is 0.00000240. The average Bonchev–Trinajstić information content (AvgIpc) is 3.13. The Bertz CT molecular complexity index is 698. The van der Waals surface area contributed by atoms with Crippen LogP contribution in [0.5, 0.6) is 5.75 Å². The topological polar surface area (TPSA) is 48.9 Å². The molecule has 162 valence electrons. The number of guanidine groups is 1. The summed E-state index contributed by atoms with van der Waals surface area (Å²) in [5.41, 5.74) is 1.39. The first kappa shape index (κ1) is 22.7. The Kier molecular flexibility index (Phi) is 7.70. The van der Waals surface area contributed by atoms with Gasteiger partial charge in [-0.3, -0.25) is 4.99 Å².